The lowest BCUT2D eigenvalue weighted by Crippen LogP contribution is -2.34. The molecule has 36 heavy (non-hydrogen) atoms. The Kier molecular flexibility index (Phi) is 9.56. The average Bonchev–Trinajstić information content (AvgIpc) is 2.89. The van der Waals surface area contributed by atoms with Crippen LogP contribution in [-0.4, -0.2) is 41.7 Å². The third kappa shape index (κ3) is 6.08. The van der Waals surface area contributed by atoms with Crippen LogP contribution in [0, 0.1) is 0 Å². The molecule has 0 aliphatic rings. The molecule has 7 nitrogen and oxygen atoms in total. The fourth-order valence-corrected chi connectivity index (χ4v) is 4.38. The van der Waals surface area contributed by atoms with E-state index in [-0.39, 0.29) is 23.6 Å². The highest BCUT2D eigenvalue weighted by molar-refractivity contribution is 5.86. The van der Waals surface area contributed by atoms with Crippen LogP contribution in [0.1, 0.15) is 49.9 Å². The first-order valence-corrected chi connectivity index (χ1v) is 12.4. The molecule has 0 saturated heterocycles. The van der Waals surface area contributed by atoms with Crippen LogP contribution in [0.15, 0.2) is 53.3 Å². The van der Waals surface area contributed by atoms with Crippen molar-refractivity contribution in [3.63, 3.8) is 0 Å². The molecular weight excluding hydrogens is 456 g/mol. The summed E-state index contributed by atoms with van der Waals surface area (Å²) >= 11 is 0. The monoisotopic (exact) mass is 492 g/mol. The molecule has 192 valence electrons. The van der Waals surface area contributed by atoms with Gasteiger partial charge in [0.2, 0.25) is 5.91 Å². The highest BCUT2D eigenvalue weighted by atomic mass is 16.5. The number of H-pyrrole nitrogens is 1. The standard InChI is InChI=1S/C29H36N2O5/c1-5-7-14-22-26(27-23(35-3)15-11-16-24(27)36-4)28(33)21(29(34)30-22)18-25(32)31(17-6-2)19-20-12-9-8-10-13-20/h8-13,15-16H,5-7,14,17-19H2,1-4H3,(H2,30,33,34). The number of unbranched alkanes of at least 4 members (excludes halogenated alkanes) is 1. The van der Waals surface area contributed by atoms with Gasteiger partial charge in [-0.3, -0.25) is 9.59 Å². The molecule has 0 spiro atoms. The van der Waals surface area contributed by atoms with E-state index >= 15 is 0 Å². The van der Waals surface area contributed by atoms with E-state index in [1.165, 1.54) is 0 Å². The maximum absolute atomic E-state index is 13.4. The summed E-state index contributed by atoms with van der Waals surface area (Å²) in [5.41, 5.74) is 2.16. The lowest BCUT2D eigenvalue weighted by Gasteiger charge is -2.23. The number of nitrogens with one attached hydrogen (secondary N) is 1. The molecular formula is C29H36N2O5. The number of aromatic nitrogens is 1. The van der Waals surface area contributed by atoms with Gasteiger partial charge in [0, 0.05) is 18.8 Å². The number of aryl methyl sites for hydroxylation is 1. The number of amides is 1. The fraction of sp³-hybridized carbons (Fsp3) is 0.379. The van der Waals surface area contributed by atoms with Crippen LogP contribution in [0.5, 0.6) is 17.2 Å². The number of ether oxygens (including phenoxy) is 2. The summed E-state index contributed by atoms with van der Waals surface area (Å²) < 4.78 is 11.2. The third-order valence-electron chi connectivity index (χ3n) is 6.21. The Morgan fingerprint density at radius 1 is 0.944 bits per heavy atom. The molecule has 3 aromatic rings. The van der Waals surface area contributed by atoms with Crippen molar-refractivity contribution in [3.8, 4) is 28.4 Å². The van der Waals surface area contributed by atoms with Crippen molar-refractivity contribution >= 4 is 5.91 Å². The van der Waals surface area contributed by atoms with Gasteiger partial charge in [-0.25, -0.2) is 0 Å². The molecule has 1 amide bonds. The maximum Gasteiger partial charge on any atom is 0.255 e. The number of carbonyl (C=O) groups is 1. The summed E-state index contributed by atoms with van der Waals surface area (Å²) in [5, 5.41) is 11.5. The van der Waals surface area contributed by atoms with E-state index in [4.69, 9.17) is 9.47 Å². The van der Waals surface area contributed by atoms with E-state index in [1.54, 1.807) is 37.3 Å². The van der Waals surface area contributed by atoms with Crippen LogP contribution < -0.4 is 15.0 Å². The highest BCUT2D eigenvalue weighted by Gasteiger charge is 2.26. The smallest absolute Gasteiger partial charge is 0.255 e. The molecule has 1 heterocycles. The van der Waals surface area contributed by atoms with Gasteiger partial charge in [0.25, 0.3) is 5.56 Å². The third-order valence-corrected chi connectivity index (χ3v) is 6.21. The van der Waals surface area contributed by atoms with E-state index in [0.29, 0.717) is 47.8 Å². The molecule has 3 rings (SSSR count). The first kappa shape index (κ1) is 26.9. The molecule has 1 aromatic heterocycles. The molecule has 0 saturated carbocycles. The number of nitrogens with zero attached hydrogens (tertiary/aromatic N) is 1. The first-order valence-electron chi connectivity index (χ1n) is 12.4. The number of pyridine rings is 1. The molecule has 0 bridgehead atoms. The number of aromatic amines is 1. The van der Waals surface area contributed by atoms with E-state index in [9.17, 15) is 14.7 Å². The van der Waals surface area contributed by atoms with Gasteiger partial charge in [-0.05, 0) is 37.0 Å². The Labute approximate surface area is 212 Å². The topological polar surface area (TPSA) is 91.9 Å². The van der Waals surface area contributed by atoms with Crippen molar-refractivity contribution in [2.75, 3.05) is 20.8 Å². The summed E-state index contributed by atoms with van der Waals surface area (Å²) in [4.78, 5) is 31.2. The van der Waals surface area contributed by atoms with Gasteiger partial charge in [0.15, 0.2) is 0 Å². The zero-order valence-corrected chi connectivity index (χ0v) is 21.6. The molecule has 0 unspecified atom stereocenters. The van der Waals surface area contributed by atoms with Gasteiger partial charge in [0.1, 0.15) is 17.2 Å². The first-order chi connectivity index (χ1) is 17.4. The Balaban J connectivity index is 2.09. The molecule has 0 atom stereocenters. The normalized spacial score (nSPS) is 10.8. The molecule has 0 aliphatic carbocycles. The van der Waals surface area contributed by atoms with E-state index in [2.05, 4.69) is 11.9 Å². The summed E-state index contributed by atoms with van der Waals surface area (Å²) in [6.45, 7) is 5.05. The van der Waals surface area contributed by atoms with Gasteiger partial charge in [-0.2, -0.15) is 0 Å². The van der Waals surface area contributed by atoms with Crippen molar-refractivity contribution in [2.24, 2.45) is 0 Å². The summed E-state index contributed by atoms with van der Waals surface area (Å²) in [5.74, 6) is 0.574. The zero-order valence-electron chi connectivity index (χ0n) is 21.6. The number of aromatic hydroxyl groups is 1. The van der Waals surface area contributed by atoms with Crippen molar-refractivity contribution in [3.05, 3.63) is 75.7 Å². The molecule has 2 N–H and O–H groups in total. The van der Waals surface area contributed by atoms with Crippen LogP contribution in [-0.2, 0) is 24.2 Å². The Morgan fingerprint density at radius 2 is 1.61 bits per heavy atom. The average molecular weight is 493 g/mol. The number of methoxy groups -OCH3 is 2. The van der Waals surface area contributed by atoms with Crippen LogP contribution in [0.3, 0.4) is 0 Å². The minimum atomic E-state index is -0.458. The molecule has 2 aromatic carbocycles. The summed E-state index contributed by atoms with van der Waals surface area (Å²) in [6.07, 6.45) is 2.85. The largest absolute Gasteiger partial charge is 0.507 e. The van der Waals surface area contributed by atoms with Crippen LogP contribution in [0.4, 0.5) is 0 Å². The minimum Gasteiger partial charge on any atom is -0.507 e. The van der Waals surface area contributed by atoms with Crippen molar-refractivity contribution in [1.82, 2.24) is 9.88 Å². The summed E-state index contributed by atoms with van der Waals surface area (Å²) in [7, 11) is 3.09. The molecule has 0 fully saturated rings. The second-order valence-corrected chi connectivity index (χ2v) is 8.75. The van der Waals surface area contributed by atoms with Crippen molar-refractivity contribution in [1.29, 1.82) is 0 Å². The van der Waals surface area contributed by atoms with Crippen LogP contribution >= 0.6 is 0 Å². The Morgan fingerprint density at radius 3 is 2.19 bits per heavy atom. The van der Waals surface area contributed by atoms with Gasteiger partial charge < -0.3 is 24.5 Å². The molecule has 7 heteroatoms. The highest BCUT2D eigenvalue weighted by Crippen LogP contribution is 2.44. The number of hydrogen-bond acceptors (Lipinski definition) is 5. The second-order valence-electron chi connectivity index (χ2n) is 8.75. The number of carbonyl (C=O) groups excluding carboxylic acids is 1. The second kappa shape index (κ2) is 12.8. The number of benzene rings is 2. The number of hydrogen-bond donors (Lipinski definition) is 2. The fourth-order valence-electron chi connectivity index (χ4n) is 4.38. The van der Waals surface area contributed by atoms with Gasteiger partial charge in [-0.1, -0.05) is 56.7 Å². The Bertz CT molecular complexity index is 1200. The van der Waals surface area contributed by atoms with Gasteiger partial charge in [0.05, 0.1) is 37.3 Å². The predicted molar refractivity (Wildman–Crippen MR) is 142 cm³/mol. The van der Waals surface area contributed by atoms with Gasteiger partial charge >= 0.3 is 0 Å². The van der Waals surface area contributed by atoms with Gasteiger partial charge in [-0.15, -0.1) is 0 Å². The maximum atomic E-state index is 13.4. The van der Waals surface area contributed by atoms with Crippen LogP contribution in [0.25, 0.3) is 11.1 Å². The van der Waals surface area contributed by atoms with E-state index < -0.39 is 5.56 Å². The summed E-state index contributed by atoms with van der Waals surface area (Å²) in [6, 6.07) is 15.1. The lowest BCUT2D eigenvalue weighted by atomic mass is 9.95. The van der Waals surface area contributed by atoms with Crippen LogP contribution in [0.2, 0.25) is 0 Å². The zero-order chi connectivity index (χ0) is 26.1. The van der Waals surface area contributed by atoms with Crippen molar-refractivity contribution < 1.29 is 19.4 Å². The predicted octanol–water partition coefficient (Wildman–Crippen LogP) is 5.09. The van der Waals surface area contributed by atoms with E-state index in [0.717, 1.165) is 24.8 Å². The quantitative estimate of drug-likeness (QED) is 0.368. The van der Waals surface area contributed by atoms with Crippen molar-refractivity contribution in [2.45, 2.75) is 52.5 Å². The molecule has 0 aliphatic heterocycles. The van der Waals surface area contributed by atoms with E-state index in [1.807, 2.05) is 37.3 Å². The minimum absolute atomic E-state index is 0.0392. The lowest BCUT2D eigenvalue weighted by molar-refractivity contribution is -0.131. The number of rotatable bonds is 12. The molecule has 0 radical (unpaired) electrons. The Hall–Kier alpha value is -3.74. The SMILES string of the molecule is CCCCc1[nH]c(=O)c(CC(=O)N(CCC)Cc2ccccc2)c(O)c1-c1c(OC)cccc1OC.